The summed E-state index contributed by atoms with van der Waals surface area (Å²) in [7, 11) is 0. The van der Waals surface area contributed by atoms with E-state index in [2.05, 4.69) is 31.0 Å². The highest BCUT2D eigenvalue weighted by Crippen LogP contribution is 2.27. The van der Waals surface area contributed by atoms with Gasteiger partial charge in [0.05, 0.1) is 5.54 Å². The average molecular weight is 252 g/mol. The highest BCUT2D eigenvalue weighted by molar-refractivity contribution is 5.86. The van der Waals surface area contributed by atoms with Gasteiger partial charge in [-0.05, 0) is 57.4 Å². The average Bonchev–Trinajstić information content (AvgIpc) is 2.39. The molecule has 104 valence electrons. The number of carbonyl (C=O) groups is 1. The zero-order valence-electron chi connectivity index (χ0n) is 12.2. The third-order valence-corrected chi connectivity index (χ3v) is 4.86. The molecular formula is C15H28N2O. The summed E-state index contributed by atoms with van der Waals surface area (Å²) in [5, 5.41) is 3.44. The molecule has 0 aromatic heterocycles. The largest absolute Gasteiger partial charge is 0.341 e. The molecule has 0 spiro atoms. The molecule has 18 heavy (non-hydrogen) atoms. The molecule has 0 aliphatic carbocycles. The maximum absolute atomic E-state index is 12.6. The van der Waals surface area contributed by atoms with Gasteiger partial charge >= 0.3 is 0 Å². The number of nitrogens with zero attached hydrogens (tertiary/aromatic N) is 1. The first-order chi connectivity index (χ1) is 8.53. The van der Waals surface area contributed by atoms with E-state index >= 15 is 0 Å². The second-order valence-electron chi connectivity index (χ2n) is 6.59. The van der Waals surface area contributed by atoms with E-state index in [0.29, 0.717) is 5.91 Å². The van der Waals surface area contributed by atoms with Gasteiger partial charge in [-0.15, -0.1) is 0 Å². The van der Waals surface area contributed by atoms with Crippen LogP contribution in [0.3, 0.4) is 0 Å². The molecule has 1 N–H and O–H groups in total. The molecule has 0 aromatic carbocycles. The Balaban J connectivity index is 1.90. The van der Waals surface area contributed by atoms with Crippen LogP contribution in [-0.2, 0) is 4.79 Å². The molecule has 2 aliphatic rings. The maximum atomic E-state index is 12.6. The maximum Gasteiger partial charge on any atom is 0.242 e. The lowest BCUT2D eigenvalue weighted by Gasteiger charge is -2.41. The molecule has 0 bridgehead atoms. The minimum absolute atomic E-state index is 0.289. The molecule has 3 nitrogen and oxygen atoms in total. The first-order valence-corrected chi connectivity index (χ1v) is 7.57. The van der Waals surface area contributed by atoms with Crippen LogP contribution in [0.5, 0.6) is 0 Å². The number of hydrogen-bond acceptors (Lipinski definition) is 2. The van der Waals surface area contributed by atoms with Crippen molar-refractivity contribution < 1.29 is 4.79 Å². The van der Waals surface area contributed by atoms with Gasteiger partial charge < -0.3 is 10.2 Å². The van der Waals surface area contributed by atoms with Gasteiger partial charge in [0.2, 0.25) is 5.91 Å². The molecule has 2 heterocycles. The molecule has 0 aromatic rings. The number of amides is 1. The molecule has 1 amide bonds. The van der Waals surface area contributed by atoms with Gasteiger partial charge in [0.1, 0.15) is 0 Å². The Morgan fingerprint density at radius 2 is 1.94 bits per heavy atom. The van der Waals surface area contributed by atoms with Crippen LogP contribution in [0.4, 0.5) is 0 Å². The van der Waals surface area contributed by atoms with Gasteiger partial charge in [0.25, 0.3) is 0 Å². The lowest BCUT2D eigenvalue weighted by molar-refractivity contribution is -0.140. The van der Waals surface area contributed by atoms with Crippen LogP contribution in [-0.4, -0.2) is 36.0 Å². The Morgan fingerprint density at radius 1 is 1.28 bits per heavy atom. The first-order valence-electron chi connectivity index (χ1n) is 7.57. The predicted octanol–water partition coefficient (Wildman–Crippen LogP) is 2.41. The van der Waals surface area contributed by atoms with E-state index in [4.69, 9.17) is 0 Å². The van der Waals surface area contributed by atoms with E-state index in [1.165, 1.54) is 25.7 Å². The fourth-order valence-corrected chi connectivity index (χ4v) is 3.36. The van der Waals surface area contributed by atoms with Gasteiger partial charge in [-0.3, -0.25) is 4.79 Å². The number of rotatable bonds is 2. The van der Waals surface area contributed by atoms with Crippen LogP contribution in [0, 0.1) is 11.8 Å². The van der Waals surface area contributed by atoms with Gasteiger partial charge in [-0.1, -0.05) is 13.8 Å². The Labute approximate surface area is 111 Å². The van der Waals surface area contributed by atoms with E-state index in [1.807, 2.05) is 0 Å². The summed E-state index contributed by atoms with van der Waals surface area (Å²) in [6.07, 6.45) is 5.74. The number of likely N-dealkylation sites (tertiary alicyclic amines) is 1. The van der Waals surface area contributed by atoms with Crippen LogP contribution < -0.4 is 5.32 Å². The standard InChI is InChI=1S/C15H28N2O/c1-12(2)13-6-10-17(11-7-13)14(18)15(3)8-4-5-9-16-15/h12-13,16H,4-11H2,1-3H3. The number of nitrogens with one attached hydrogen (secondary N) is 1. The fourth-order valence-electron chi connectivity index (χ4n) is 3.36. The molecule has 2 aliphatic heterocycles. The summed E-state index contributed by atoms with van der Waals surface area (Å²) >= 11 is 0. The summed E-state index contributed by atoms with van der Waals surface area (Å²) in [4.78, 5) is 14.7. The smallest absolute Gasteiger partial charge is 0.242 e. The molecule has 0 saturated carbocycles. The van der Waals surface area contributed by atoms with Gasteiger partial charge in [0.15, 0.2) is 0 Å². The second-order valence-corrected chi connectivity index (χ2v) is 6.59. The highest BCUT2D eigenvalue weighted by atomic mass is 16.2. The zero-order chi connectivity index (χ0) is 13.2. The van der Waals surface area contributed by atoms with E-state index in [-0.39, 0.29) is 5.54 Å². The Hall–Kier alpha value is -0.570. The molecule has 3 heteroatoms. The summed E-state index contributed by atoms with van der Waals surface area (Å²) < 4.78 is 0. The van der Waals surface area contributed by atoms with Crippen molar-refractivity contribution in [2.24, 2.45) is 11.8 Å². The van der Waals surface area contributed by atoms with Crippen molar-refractivity contribution in [3.63, 3.8) is 0 Å². The Bertz CT molecular complexity index is 287. The Morgan fingerprint density at radius 3 is 2.44 bits per heavy atom. The third-order valence-electron chi connectivity index (χ3n) is 4.86. The van der Waals surface area contributed by atoms with Crippen LogP contribution in [0.1, 0.15) is 52.9 Å². The molecule has 1 atom stereocenters. The van der Waals surface area contributed by atoms with Crippen LogP contribution in [0.25, 0.3) is 0 Å². The molecule has 0 radical (unpaired) electrons. The third kappa shape index (κ3) is 2.87. The van der Waals surface area contributed by atoms with Gasteiger partial charge in [-0.25, -0.2) is 0 Å². The molecule has 1 unspecified atom stereocenters. The number of carbonyl (C=O) groups excluding carboxylic acids is 1. The van der Waals surface area contributed by atoms with Crippen molar-refractivity contribution in [1.82, 2.24) is 10.2 Å². The SMILES string of the molecule is CC(C)C1CCN(C(=O)C2(C)CCCCN2)CC1. The van der Waals surface area contributed by atoms with E-state index in [9.17, 15) is 4.79 Å². The number of piperidine rings is 2. The number of hydrogen-bond donors (Lipinski definition) is 1. The normalized spacial score (nSPS) is 30.8. The lowest BCUT2D eigenvalue weighted by atomic mass is 9.84. The predicted molar refractivity (Wildman–Crippen MR) is 74.4 cm³/mol. The van der Waals surface area contributed by atoms with Gasteiger partial charge in [0, 0.05) is 13.1 Å². The molecular weight excluding hydrogens is 224 g/mol. The zero-order valence-corrected chi connectivity index (χ0v) is 12.2. The summed E-state index contributed by atoms with van der Waals surface area (Å²) in [5.74, 6) is 1.90. The Kier molecular flexibility index (Phi) is 4.31. The molecule has 2 saturated heterocycles. The monoisotopic (exact) mass is 252 g/mol. The fraction of sp³-hybridized carbons (Fsp3) is 0.933. The minimum atomic E-state index is -0.289. The first kappa shape index (κ1) is 13.9. The van der Waals surface area contributed by atoms with Crippen LogP contribution in [0.2, 0.25) is 0 Å². The van der Waals surface area contributed by atoms with E-state index < -0.39 is 0 Å². The summed E-state index contributed by atoms with van der Waals surface area (Å²) in [6.45, 7) is 9.59. The molecule has 2 rings (SSSR count). The van der Waals surface area contributed by atoms with E-state index in [1.54, 1.807) is 0 Å². The topological polar surface area (TPSA) is 32.3 Å². The summed E-state index contributed by atoms with van der Waals surface area (Å²) in [5.41, 5.74) is -0.289. The van der Waals surface area contributed by atoms with Crippen molar-refractivity contribution in [2.75, 3.05) is 19.6 Å². The summed E-state index contributed by atoms with van der Waals surface area (Å²) in [6, 6.07) is 0. The van der Waals surface area contributed by atoms with Crippen molar-refractivity contribution in [3.8, 4) is 0 Å². The van der Waals surface area contributed by atoms with Crippen molar-refractivity contribution in [2.45, 2.75) is 58.4 Å². The van der Waals surface area contributed by atoms with Crippen LogP contribution >= 0.6 is 0 Å². The van der Waals surface area contributed by atoms with Gasteiger partial charge in [-0.2, -0.15) is 0 Å². The second kappa shape index (κ2) is 5.60. The highest BCUT2D eigenvalue weighted by Gasteiger charge is 2.38. The molecule has 2 fully saturated rings. The van der Waals surface area contributed by atoms with E-state index in [0.717, 1.165) is 37.9 Å². The van der Waals surface area contributed by atoms with Crippen molar-refractivity contribution in [3.05, 3.63) is 0 Å². The quantitative estimate of drug-likeness (QED) is 0.818. The lowest BCUT2D eigenvalue weighted by Crippen LogP contribution is -2.59. The van der Waals surface area contributed by atoms with Crippen molar-refractivity contribution >= 4 is 5.91 Å². The van der Waals surface area contributed by atoms with Crippen LogP contribution in [0.15, 0.2) is 0 Å². The van der Waals surface area contributed by atoms with Crippen molar-refractivity contribution in [1.29, 1.82) is 0 Å². The minimum Gasteiger partial charge on any atom is -0.341 e.